The van der Waals surface area contributed by atoms with Crippen molar-refractivity contribution in [3.63, 3.8) is 0 Å². The quantitative estimate of drug-likeness (QED) is 0.149. The summed E-state index contributed by atoms with van der Waals surface area (Å²) in [6.07, 6.45) is 5.44. The van der Waals surface area contributed by atoms with E-state index in [2.05, 4.69) is 32.9 Å². The first-order chi connectivity index (χ1) is 25.0. The lowest BCUT2D eigenvalue weighted by Crippen LogP contribution is -2.70. The van der Waals surface area contributed by atoms with Crippen LogP contribution in [0.5, 0.6) is 0 Å². The van der Waals surface area contributed by atoms with Crippen molar-refractivity contribution in [3.8, 4) is 0 Å². The highest BCUT2D eigenvalue weighted by Gasteiger charge is 2.71. The molecule has 0 aromatic heterocycles. The van der Waals surface area contributed by atoms with Crippen LogP contribution in [0.25, 0.3) is 0 Å². The van der Waals surface area contributed by atoms with E-state index < -0.39 is 47.9 Å². The fourth-order valence-electron chi connectivity index (χ4n) is 11.3. The molecule has 2 spiro atoms. The molecule has 0 unspecified atom stereocenters. The van der Waals surface area contributed by atoms with Crippen molar-refractivity contribution in [2.75, 3.05) is 13.2 Å². The van der Waals surface area contributed by atoms with E-state index in [4.69, 9.17) is 52.8 Å². The van der Waals surface area contributed by atoms with Gasteiger partial charge in [0, 0.05) is 36.5 Å². The van der Waals surface area contributed by atoms with Crippen LogP contribution in [0, 0.1) is 47.3 Å². The van der Waals surface area contributed by atoms with Gasteiger partial charge in [0.2, 0.25) is 11.6 Å². The predicted octanol–water partition coefficient (Wildman–Crippen LogP) is 7.01. The molecule has 10 fully saturated rings. The van der Waals surface area contributed by atoms with Crippen LogP contribution in [0.3, 0.4) is 0 Å². The normalized spacial score (nSPS) is 50.3. The molecule has 8 aliphatic heterocycles. The van der Waals surface area contributed by atoms with Gasteiger partial charge in [-0.15, -0.1) is 0 Å². The third-order valence-electron chi connectivity index (χ3n) is 14.3. The van der Waals surface area contributed by atoms with Crippen molar-refractivity contribution in [3.05, 3.63) is 35.9 Å². The second-order valence-electron chi connectivity index (χ2n) is 17.6. The third kappa shape index (κ3) is 5.81. The topological polar surface area (TPSA) is 114 Å². The Hall–Kier alpha value is -1.71. The van der Waals surface area contributed by atoms with Gasteiger partial charge in [-0.2, -0.15) is 0 Å². The van der Waals surface area contributed by atoms with Gasteiger partial charge >= 0.3 is 0 Å². The van der Waals surface area contributed by atoms with Crippen molar-refractivity contribution in [2.45, 2.75) is 147 Å². The second-order valence-corrected chi connectivity index (χ2v) is 17.6. The van der Waals surface area contributed by atoms with E-state index >= 15 is 0 Å². The van der Waals surface area contributed by atoms with Crippen LogP contribution in [-0.4, -0.2) is 66.9 Å². The average Bonchev–Trinajstić information content (AvgIpc) is 3.51. The molecule has 1 aromatic rings. The van der Waals surface area contributed by atoms with E-state index in [1.54, 1.807) is 0 Å². The summed E-state index contributed by atoms with van der Waals surface area (Å²) in [7, 11) is 0. The Morgan fingerprint density at radius 1 is 0.654 bits per heavy atom. The van der Waals surface area contributed by atoms with Gasteiger partial charge in [-0.05, 0) is 81.6 Å². The number of ether oxygens (including phenoxy) is 6. The Balaban J connectivity index is 0.922. The van der Waals surface area contributed by atoms with Crippen LogP contribution in [-0.2, 0) is 59.4 Å². The first-order valence-electron chi connectivity index (χ1n) is 19.9. The fourth-order valence-corrected chi connectivity index (χ4v) is 11.3. The third-order valence-corrected chi connectivity index (χ3v) is 14.3. The zero-order chi connectivity index (χ0) is 35.9. The van der Waals surface area contributed by atoms with Gasteiger partial charge in [0.15, 0.2) is 36.4 Å². The second kappa shape index (κ2) is 13.5. The van der Waals surface area contributed by atoms with Crippen LogP contribution < -0.4 is 0 Å². The number of hydrogen-bond donors (Lipinski definition) is 0. The maximum atomic E-state index is 6.70. The molecule has 8 heterocycles. The Bertz CT molecular complexity index is 1400. The minimum atomic E-state index is -0.852. The molecule has 12 nitrogen and oxygen atoms in total. The number of nitrogens with zero attached hydrogens (tertiary/aromatic N) is 1. The molecule has 0 N–H and O–H groups in total. The molecule has 16 atom stereocenters. The van der Waals surface area contributed by atoms with Crippen LogP contribution in [0.1, 0.15) is 98.5 Å². The van der Waals surface area contributed by atoms with Crippen LogP contribution in [0.4, 0.5) is 0 Å². The summed E-state index contributed by atoms with van der Waals surface area (Å²) in [4.78, 5) is 30.6. The van der Waals surface area contributed by atoms with E-state index in [9.17, 15) is 0 Å². The number of rotatable bonds is 9. The molecule has 2 saturated carbocycles. The minimum absolute atomic E-state index is 0.0271. The summed E-state index contributed by atoms with van der Waals surface area (Å²) in [5.74, 6) is 0.197. The molecular formula is C40H57NO11. The van der Waals surface area contributed by atoms with Gasteiger partial charge in [0.25, 0.3) is 0 Å². The monoisotopic (exact) mass is 727 g/mol. The van der Waals surface area contributed by atoms with Crippen molar-refractivity contribution in [1.29, 1.82) is 0 Å². The maximum Gasteiger partial charge on any atom is 0.201 e. The Morgan fingerprint density at radius 2 is 1.15 bits per heavy atom. The van der Waals surface area contributed by atoms with Gasteiger partial charge in [-0.3, -0.25) is 0 Å². The Labute approximate surface area is 307 Å². The summed E-state index contributed by atoms with van der Waals surface area (Å²) in [5, 5.41) is 4.58. The maximum absolute atomic E-state index is 6.70. The number of fused-ring (bicyclic) bond motifs is 4. The van der Waals surface area contributed by atoms with E-state index in [-0.39, 0.29) is 48.7 Å². The molecule has 1 aromatic carbocycles. The van der Waals surface area contributed by atoms with Gasteiger partial charge in [-0.25, -0.2) is 19.6 Å². The lowest BCUT2D eigenvalue weighted by molar-refractivity contribution is -0.577. The minimum Gasteiger partial charge on any atom is -0.391 e. The zero-order valence-corrected chi connectivity index (χ0v) is 31.5. The predicted molar refractivity (Wildman–Crippen MR) is 184 cm³/mol. The van der Waals surface area contributed by atoms with Crippen LogP contribution in [0.15, 0.2) is 35.5 Å². The molecular weight excluding hydrogens is 670 g/mol. The van der Waals surface area contributed by atoms with Crippen molar-refractivity contribution in [1.82, 2.24) is 0 Å². The average molecular weight is 728 g/mol. The lowest BCUT2D eigenvalue weighted by atomic mass is 9.58. The number of hydrogen-bond acceptors (Lipinski definition) is 12. The summed E-state index contributed by atoms with van der Waals surface area (Å²) < 4.78 is 39.7. The summed E-state index contributed by atoms with van der Waals surface area (Å²) in [6.45, 7) is 13.5. The van der Waals surface area contributed by atoms with Gasteiger partial charge in [0.05, 0.1) is 13.2 Å². The SMILES string of the molecule is C[C@H]1[C@@H](OCC(CO[C@H]2O[C@@H]3O[C@]4(C)CC[C@H]5[C@H](C)CC[C@@H]([C@H]2C)[C@@]35OO4)=NOCc2ccccc2)O[C@@H]2O[C@]3(C)CC[C@H]4[C@H](C)CC[C@@H]1[C@@]24OO3. The number of benzene rings is 1. The van der Waals surface area contributed by atoms with Crippen LogP contribution >= 0.6 is 0 Å². The first kappa shape index (κ1) is 36.0. The molecule has 0 amide bonds. The Morgan fingerprint density at radius 3 is 1.65 bits per heavy atom. The van der Waals surface area contributed by atoms with Gasteiger partial charge in [0.1, 0.15) is 12.3 Å². The molecule has 8 saturated heterocycles. The fraction of sp³-hybridized carbons (Fsp3) is 0.825. The molecule has 0 radical (unpaired) electrons. The van der Waals surface area contributed by atoms with E-state index in [0.717, 1.165) is 56.9 Å². The molecule has 4 bridgehead atoms. The van der Waals surface area contributed by atoms with Crippen molar-refractivity contribution in [2.24, 2.45) is 52.5 Å². The highest BCUT2D eigenvalue weighted by molar-refractivity contribution is 5.86. The van der Waals surface area contributed by atoms with E-state index in [1.165, 1.54) is 0 Å². The Kier molecular flexibility index (Phi) is 9.33. The smallest absolute Gasteiger partial charge is 0.201 e. The number of oxime groups is 1. The highest BCUT2D eigenvalue weighted by atomic mass is 17.3. The first-order valence-corrected chi connectivity index (χ1v) is 19.9. The standard InChI is InChI=1S/C40H57NO11/c1-23-12-14-31-25(3)33(45-35-39(31)29(23)16-18-37(5,47-35)49-51-39)42-21-28(41-44-20-27-10-8-7-9-11-27)22-43-34-26(4)32-15-13-24(2)30-17-19-38(6)48-36(46-34)40(30,32)52-50-38/h7-11,23-26,29-36H,12-22H2,1-6H3/t23-,24-,25-,26-,29+,30+,31+,32+,33+,34+,35-,36-,37+,38+,39-,40-/m1/s1. The molecule has 288 valence electrons. The zero-order valence-electron chi connectivity index (χ0n) is 31.5. The van der Waals surface area contributed by atoms with Crippen molar-refractivity contribution >= 4 is 5.71 Å². The molecule has 52 heavy (non-hydrogen) atoms. The lowest BCUT2D eigenvalue weighted by Gasteiger charge is -2.60. The summed E-state index contributed by atoms with van der Waals surface area (Å²) in [5.41, 5.74) is 0.307. The summed E-state index contributed by atoms with van der Waals surface area (Å²) in [6, 6.07) is 9.98. The molecule has 12 heteroatoms. The van der Waals surface area contributed by atoms with Gasteiger partial charge < -0.3 is 33.3 Å². The van der Waals surface area contributed by atoms with Gasteiger partial charge in [-0.1, -0.05) is 63.2 Å². The largest absolute Gasteiger partial charge is 0.391 e. The van der Waals surface area contributed by atoms with Crippen LogP contribution in [0.2, 0.25) is 0 Å². The van der Waals surface area contributed by atoms with E-state index in [0.29, 0.717) is 24.2 Å². The molecule has 10 aliphatic rings. The van der Waals surface area contributed by atoms with Crippen molar-refractivity contribution < 1.29 is 52.8 Å². The highest BCUT2D eigenvalue weighted by Crippen LogP contribution is 2.62. The summed E-state index contributed by atoms with van der Waals surface area (Å²) >= 11 is 0. The molecule has 2 aliphatic carbocycles. The molecule has 11 rings (SSSR count). The van der Waals surface area contributed by atoms with E-state index in [1.807, 2.05) is 44.2 Å².